The van der Waals surface area contributed by atoms with E-state index in [2.05, 4.69) is 46.9 Å². The van der Waals surface area contributed by atoms with Gasteiger partial charge in [0.1, 0.15) is 5.82 Å². The van der Waals surface area contributed by atoms with Crippen molar-refractivity contribution in [1.82, 2.24) is 5.32 Å². The van der Waals surface area contributed by atoms with E-state index in [9.17, 15) is 4.39 Å². The second-order valence-corrected chi connectivity index (χ2v) is 6.20. The second-order valence-electron chi connectivity index (χ2n) is 5.34. The summed E-state index contributed by atoms with van der Waals surface area (Å²) in [6.45, 7) is 8.19. The molecular formula is C14H20BrFN2. The van der Waals surface area contributed by atoms with Gasteiger partial charge in [-0.3, -0.25) is 0 Å². The van der Waals surface area contributed by atoms with Gasteiger partial charge in [-0.25, -0.2) is 4.39 Å². The molecule has 18 heavy (non-hydrogen) atoms. The molecule has 1 aliphatic heterocycles. The number of anilines is 1. The zero-order chi connectivity index (χ0) is 13.3. The third-order valence-electron chi connectivity index (χ3n) is 3.88. The highest BCUT2D eigenvalue weighted by molar-refractivity contribution is 9.10. The van der Waals surface area contributed by atoms with Crippen LogP contribution in [0.2, 0.25) is 0 Å². The average Bonchev–Trinajstić information content (AvgIpc) is 2.34. The Morgan fingerprint density at radius 3 is 2.89 bits per heavy atom. The molecule has 4 heteroatoms. The van der Waals surface area contributed by atoms with Crippen molar-refractivity contribution in [3.05, 3.63) is 28.5 Å². The number of piperazine rings is 1. The van der Waals surface area contributed by atoms with Gasteiger partial charge in [0.15, 0.2) is 0 Å². The molecule has 1 saturated heterocycles. The molecular weight excluding hydrogens is 295 g/mol. The van der Waals surface area contributed by atoms with E-state index in [0.29, 0.717) is 5.69 Å². The van der Waals surface area contributed by atoms with E-state index in [4.69, 9.17) is 0 Å². The van der Waals surface area contributed by atoms with Crippen LogP contribution in [0.5, 0.6) is 0 Å². The number of hydrogen-bond donors (Lipinski definition) is 1. The molecule has 2 atom stereocenters. The Hall–Kier alpha value is -0.610. The number of nitrogens with zero attached hydrogens (tertiary/aromatic N) is 1. The number of rotatable bonds is 2. The largest absolute Gasteiger partial charge is 0.362 e. The molecule has 1 fully saturated rings. The second kappa shape index (κ2) is 5.17. The lowest BCUT2D eigenvalue weighted by molar-refractivity contribution is 0.284. The molecule has 1 aromatic rings. The van der Waals surface area contributed by atoms with Crippen molar-refractivity contribution in [2.45, 2.75) is 38.8 Å². The summed E-state index contributed by atoms with van der Waals surface area (Å²) < 4.78 is 14.9. The molecule has 0 aliphatic carbocycles. The Morgan fingerprint density at radius 2 is 2.28 bits per heavy atom. The number of benzene rings is 1. The fourth-order valence-corrected chi connectivity index (χ4v) is 2.96. The van der Waals surface area contributed by atoms with Crippen LogP contribution in [0.15, 0.2) is 22.7 Å². The van der Waals surface area contributed by atoms with Crippen LogP contribution in [0.1, 0.15) is 27.2 Å². The van der Waals surface area contributed by atoms with Crippen LogP contribution in [-0.4, -0.2) is 24.7 Å². The van der Waals surface area contributed by atoms with Gasteiger partial charge in [-0.05, 0) is 48.3 Å². The van der Waals surface area contributed by atoms with Gasteiger partial charge in [0, 0.05) is 29.1 Å². The lowest BCUT2D eigenvalue weighted by Gasteiger charge is -2.46. The predicted octanol–water partition coefficient (Wildman–Crippen LogP) is 3.56. The normalized spacial score (nSPS) is 28.5. The summed E-state index contributed by atoms with van der Waals surface area (Å²) in [5.41, 5.74) is 0.736. The van der Waals surface area contributed by atoms with Crippen LogP contribution in [-0.2, 0) is 0 Å². The highest BCUT2D eigenvalue weighted by Crippen LogP contribution is 2.33. The minimum Gasteiger partial charge on any atom is -0.362 e. The smallest absolute Gasteiger partial charge is 0.147 e. The molecule has 0 spiro atoms. The van der Waals surface area contributed by atoms with E-state index in [1.807, 2.05) is 6.07 Å². The van der Waals surface area contributed by atoms with Gasteiger partial charge in [-0.15, -0.1) is 0 Å². The van der Waals surface area contributed by atoms with Crippen LogP contribution >= 0.6 is 15.9 Å². The monoisotopic (exact) mass is 314 g/mol. The van der Waals surface area contributed by atoms with Crippen molar-refractivity contribution in [1.29, 1.82) is 0 Å². The number of para-hydroxylation sites is 1. The fraction of sp³-hybridized carbons (Fsp3) is 0.571. The van der Waals surface area contributed by atoms with Crippen molar-refractivity contribution < 1.29 is 4.39 Å². The Bertz CT molecular complexity index is 418. The molecule has 0 saturated carbocycles. The summed E-state index contributed by atoms with van der Waals surface area (Å²) >= 11 is 3.47. The molecule has 0 aromatic heterocycles. The Balaban J connectivity index is 2.36. The lowest BCUT2D eigenvalue weighted by atomic mass is 9.93. The Labute approximate surface area is 117 Å². The molecule has 1 aromatic carbocycles. The first-order chi connectivity index (χ1) is 8.47. The molecule has 2 unspecified atom stereocenters. The summed E-state index contributed by atoms with van der Waals surface area (Å²) in [7, 11) is 0. The van der Waals surface area contributed by atoms with Gasteiger partial charge in [-0.1, -0.05) is 13.0 Å². The molecule has 0 radical (unpaired) electrons. The van der Waals surface area contributed by atoms with E-state index in [1.54, 1.807) is 6.07 Å². The summed E-state index contributed by atoms with van der Waals surface area (Å²) in [6.07, 6.45) is 1.03. The summed E-state index contributed by atoms with van der Waals surface area (Å²) in [5.74, 6) is -0.156. The highest BCUT2D eigenvalue weighted by atomic mass is 79.9. The maximum atomic E-state index is 14.1. The van der Waals surface area contributed by atoms with Gasteiger partial charge in [0.25, 0.3) is 0 Å². The molecule has 0 amide bonds. The molecule has 2 rings (SSSR count). The molecule has 1 aliphatic rings. The van der Waals surface area contributed by atoms with Crippen LogP contribution < -0.4 is 10.2 Å². The van der Waals surface area contributed by atoms with E-state index < -0.39 is 0 Å². The first-order valence-corrected chi connectivity index (χ1v) is 7.22. The third-order valence-corrected chi connectivity index (χ3v) is 4.52. The number of hydrogen-bond acceptors (Lipinski definition) is 2. The minimum atomic E-state index is -0.156. The third kappa shape index (κ3) is 2.54. The van der Waals surface area contributed by atoms with Crippen molar-refractivity contribution in [3.63, 3.8) is 0 Å². The van der Waals surface area contributed by atoms with Gasteiger partial charge in [0.2, 0.25) is 0 Å². The topological polar surface area (TPSA) is 15.3 Å². The van der Waals surface area contributed by atoms with Gasteiger partial charge < -0.3 is 10.2 Å². The summed E-state index contributed by atoms with van der Waals surface area (Å²) in [6, 6.07) is 5.45. The summed E-state index contributed by atoms with van der Waals surface area (Å²) in [5, 5.41) is 3.55. The van der Waals surface area contributed by atoms with Crippen LogP contribution in [0.4, 0.5) is 10.1 Å². The fourth-order valence-electron chi connectivity index (χ4n) is 2.39. The van der Waals surface area contributed by atoms with Gasteiger partial charge in [-0.2, -0.15) is 0 Å². The van der Waals surface area contributed by atoms with E-state index >= 15 is 0 Å². The van der Waals surface area contributed by atoms with Crippen LogP contribution in [0, 0.1) is 5.82 Å². The van der Waals surface area contributed by atoms with Crippen molar-refractivity contribution in [2.75, 3.05) is 18.0 Å². The first kappa shape index (κ1) is 13.8. The standard InChI is InChI=1S/C14H20BrFN2/c1-4-14(3)9-18(10(2)8-17-14)13-11(15)6-5-7-12(13)16/h5-7,10,17H,4,8-9H2,1-3H3. The van der Waals surface area contributed by atoms with Crippen LogP contribution in [0.25, 0.3) is 0 Å². The zero-order valence-electron chi connectivity index (χ0n) is 11.1. The van der Waals surface area contributed by atoms with Crippen molar-refractivity contribution in [3.8, 4) is 0 Å². The average molecular weight is 315 g/mol. The number of nitrogens with one attached hydrogen (secondary N) is 1. The van der Waals surface area contributed by atoms with Crippen molar-refractivity contribution in [2.24, 2.45) is 0 Å². The number of halogens is 2. The highest BCUT2D eigenvalue weighted by Gasteiger charge is 2.34. The van der Waals surface area contributed by atoms with Crippen molar-refractivity contribution >= 4 is 21.6 Å². The summed E-state index contributed by atoms with van der Waals surface area (Å²) in [4.78, 5) is 2.17. The quantitative estimate of drug-likeness (QED) is 0.898. The van der Waals surface area contributed by atoms with E-state index in [-0.39, 0.29) is 17.4 Å². The first-order valence-electron chi connectivity index (χ1n) is 6.42. The molecule has 100 valence electrons. The van der Waals surface area contributed by atoms with Crippen LogP contribution in [0.3, 0.4) is 0 Å². The van der Waals surface area contributed by atoms with Gasteiger partial charge >= 0.3 is 0 Å². The lowest BCUT2D eigenvalue weighted by Crippen LogP contribution is -2.62. The Morgan fingerprint density at radius 1 is 1.56 bits per heavy atom. The zero-order valence-corrected chi connectivity index (χ0v) is 12.7. The maximum absolute atomic E-state index is 14.1. The SMILES string of the molecule is CCC1(C)CN(c2c(F)cccc2Br)C(C)CN1. The molecule has 0 bridgehead atoms. The van der Waals surface area contributed by atoms with Gasteiger partial charge in [0.05, 0.1) is 5.69 Å². The molecule has 1 N–H and O–H groups in total. The Kier molecular flexibility index (Phi) is 3.97. The maximum Gasteiger partial charge on any atom is 0.147 e. The van der Waals surface area contributed by atoms with E-state index in [0.717, 1.165) is 24.0 Å². The predicted molar refractivity (Wildman–Crippen MR) is 77.6 cm³/mol. The molecule has 1 heterocycles. The molecule has 2 nitrogen and oxygen atoms in total. The van der Waals surface area contributed by atoms with E-state index in [1.165, 1.54) is 6.07 Å². The minimum absolute atomic E-state index is 0.0498.